The Kier molecular flexibility index (Phi) is 8.57. The van der Waals surface area contributed by atoms with Crippen molar-refractivity contribution in [1.82, 2.24) is 28.9 Å². The van der Waals surface area contributed by atoms with Crippen molar-refractivity contribution in [2.24, 2.45) is 5.92 Å². The van der Waals surface area contributed by atoms with Gasteiger partial charge in [-0.15, -0.1) is 9.94 Å². The molecule has 44 heavy (non-hydrogen) atoms. The van der Waals surface area contributed by atoms with E-state index in [0.29, 0.717) is 43.1 Å². The monoisotopic (exact) mass is 630 g/mol. The molecule has 0 radical (unpaired) electrons. The van der Waals surface area contributed by atoms with E-state index in [-0.39, 0.29) is 40.5 Å². The first-order valence-corrected chi connectivity index (χ1v) is 17.7. The molecule has 10 nitrogen and oxygen atoms in total. The molecule has 4 heterocycles. The molecule has 0 bridgehead atoms. The molecule has 6 rings (SSSR count). The summed E-state index contributed by atoms with van der Waals surface area (Å²) in [6.45, 7) is 13.0. The first-order chi connectivity index (χ1) is 20.9. The first-order valence-electron chi connectivity index (χ1n) is 16.2. The predicted molar refractivity (Wildman–Crippen MR) is 166 cm³/mol. The number of piperazine rings is 1. The number of carbonyl (C=O) groups excluding carboxylic acids is 1. The van der Waals surface area contributed by atoms with Gasteiger partial charge >= 0.3 is 0 Å². The topological polar surface area (TPSA) is 102 Å². The highest BCUT2D eigenvalue weighted by Gasteiger charge is 2.45. The molecule has 12 heteroatoms. The molecule has 2 atom stereocenters. The number of hydrogen-bond acceptors (Lipinski definition) is 7. The second-order valence-electron chi connectivity index (χ2n) is 13.7. The van der Waals surface area contributed by atoms with Gasteiger partial charge in [0.1, 0.15) is 5.82 Å². The molecule has 1 saturated carbocycles. The SMILES string of the molecule is Cc1nn(O)c(C)c1C(=O)N1CCC(C)(N2CCN([C@@H](c3cccc(F)c3)C3CCN(S(=O)(=O)C4CC4)CC3)C(C)C2)CC1. The number of sulfonamides is 1. The van der Waals surface area contributed by atoms with Crippen LogP contribution < -0.4 is 0 Å². The zero-order valence-corrected chi connectivity index (χ0v) is 27.3. The van der Waals surface area contributed by atoms with Crippen molar-refractivity contribution in [3.8, 4) is 0 Å². The van der Waals surface area contributed by atoms with Gasteiger partial charge in [-0.1, -0.05) is 12.1 Å². The van der Waals surface area contributed by atoms with Crippen LogP contribution in [0.1, 0.15) is 85.7 Å². The number of carbonyl (C=O) groups is 1. The van der Waals surface area contributed by atoms with E-state index in [1.54, 1.807) is 30.3 Å². The maximum Gasteiger partial charge on any atom is 0.257 e. The number of piperidine rings is 2. The summed E-state index contributed by atoms with van der Waals surface area (Å²) in [5.74, 6) is -0.0657. The molecular formula is C32H47FN6O4S. The van der Waals surface area contributed by atoms with Gasteiger partial charge in [0.25, 0.3) is 5.91 Å². The van der Waals surface area contributed by atoms with Crippen molar-refractivity contribution in [3.05, 3.63) is 52.6 Å². The fraction of sp³-hybridized carbons (Fsp3) is 0.688. The van der Waals surface area contributed by atoms with Crippen molar-refractivity contribution in [1.29, 1.82) is 0 Å². The molecule has 4 fully saturated rings. The summed E-state index contributed by atoms with van der Waals surface area (Å²) in [6.07, 6.45) is 4.82. The van der Waals surface area contributed by atoms with Gasteiger partial charge in [0.15, 0.2) is 0 Å². The van der Waals surface area contributed by atoms with Crippen LogP contribution in [-0.2, 0) is 10.0 Å². The van der Waals surface area contributed by atoms with Crippen molar-refractivity contribution < 1.29 is 22.8 Å². The molecule has 1 amide bonds. The van der Waals surface area contributed by atoms with Gasteiger partial charge in [-0.25, -0.2) is 17.1 Å². The Balaban J connectivity index is 1.12. The van der Waals surface area contributed by atoms with E-state index < -0.39 is 10.0 Å². The lowest BCUT2D eigenvalue weighted by atomic mass is 9.82. The average molecular weight is 631 g/mol. The van der Waals surface area contributed by atoms with Gasteiger partial charge in [0, 0.05) is 63.4 Å². The quantitative estimate of drug-likeness (QED) is 0.464. The summed E-state index contributed by atoms with van der Waals surface area (Å²) >= 11 is 0. The molecule has 1 unspecified atom stereocenters. The number of benzene rings is 1. The third-order valence-electron chi connectivity index (χ3n) is 10.9. The predicted octanol–water partition coefficient (Wildman–Crippen LogP) is 3.82. The Morgan fingerprint density at radius 1 is 1.05 bits per heavy atom. The molecule has 1 N–H and O–H groups in total. The van der Waals surface area contributed by atoms with Crippen molar-refractivity contribution in [2.45, 2.75) is 89.1 Å². The smallest absolute Gasteiger partial charge is 0.257 e. The molecule has 1 aromatic carbocycles. The lowest BCUT2D eigenvalue weighted by molar-refractivity contribution is -0.0422. The van der Waals surface area contributed by atoms with Gasteiger partial charge in [-0.2, -0.15) is 0 Å². The second-order valence-corrected chi connectivity index (χ2v) is 16.0. The van der Waals surface area contributed by atoms with Crippen LogP contribution in [0.3, 0.4) is 0 Å². The van der Waals surface area contributed by atoms with Crippen LogP contribution in [0.2, 0.25) is 0 Å². The van der Waals surface area contributed by atoms with Gasteiger partial charge in [0.05, 0.1) is 22.2 Å². The highest BCUT2D eigenvalue weighted by Crippen LogP contribution is 2.41. The van der Waals surface area contributed by atoms with Crippen LogP contribution >= 0.6 is 0 Å². The van der Waals surface area contributed by atoms with Crippen LogP contribution in [-0.4, -0.2) is 111 Å². The minimum absolute atomic E-state index is 0.0276. The number of amides is 1. The van der Waals surface area contributed by atoms with Crippen molar-refractivity contribution in [3.63, 3.8) is 0 Å². The normalized spacial score (nSPS) is 25.3. The molecule has 242 valence electrons. The average Bonchev–Trinajstić information content (AvgIpc) is 3.82. The standard InChI is InChI=1S/C32H47FN6O4S/c1-22-21-36(32(4)12-16-35(17-13-32)31(40)29-23(2)34-39(41)24(29)3)18-19-38(22)30(26-6-5-7-27(33)20-26)25-10-14-37(15-11-25)44(42,43)28-8-9-28/h5-7,20,22,25,28,30,41H,8-19,21H2,1-4H3/t22?,30-/m1/s1. The lowest BCUT2D eigenvalue weighted by Gasteiger charge is -2.54. The highest BCUT2D eigenvalue weighted by molar-refractivity contribution is 7.90. The van der Waals surface area contributed by atoms with Gasteiger partial charge in [0.2, 0.25) is 10.0 Å². The van der Waals surface area contributed by atoms with E-state index in [4.69, 9.17) is 0 Å². The number of nitrogens with zero attached hydrogens (tertiary/aromatic N) is 6. The van der Waals surface area contributed by atoms with E-state index in [2.05, 4.69) is 28.7 Å². The van der Waals surface area contributed by atoms with Crippen LogP contribution in [0.5, 0.6) is 0 Å². The molecule has 1 aromatic heterocycles. The van der Waals surface area contributed by atoms with Gasteiger partial charge in [-0.3, -0.25) is 14.6 Å². The molecule has 3 aliphatic heterocycles. The fourth-order valence-corrected chi connectivity index (χ4v) is 9.80. The first kappa shape index (κ1) is 31.4. The number of rotatable bonds is 7. The number of halogens is 1. The molecule has 4 aliphatic rings. The van der Waals surface area contributed by atoms with E-state index in [0.717, 1.165) is 68.6 Å². The second kappa shape index (κ2) is 12.0. The summed E-state index contributed by atoms with van der Waals surface area (Å²) in [4.78, 5) is 21.1. The third kappa shape index (κ3) is 5.90. The number of aromatic nitrogens is 2. The molecule has 3 saturated heterocycles. The van der Waals surface area contributed by atoms with Crippen LogP contribution in [0.4, 0.5) is 4.39 Å². The Labute approximate surface area is 260 Å². The van der Waals surface area contributed by atoms with E-state index >= 15 is 0 Å². The number of aryl methyl sites for hydroxylation is 1. The van der Waals surface area contributed by atoms with Crippen LogP contribution in [0, 0.1) is 25.6 Å². The highest BCUT2D eigenvalue weighted by atomic mass is 32.2. The largest absolute Gasteiger partial charge is 0.411 e. The van der Waals surface area contributed by atoms with Gasteiger partial charge in [-0.05, 0) is 89.8 Å². The molecule has 2 aromatic rings. The van der Waals surface area contributed by atoms with Crippen molar-refractivity contribution in [2.75, 3.05) is 45.8 Å². The Bertz CT molecular complexity index is 1480. The molecular weight excluding hydrogens is 583 g/mol. The Morgan fingerprint density at radius 2 is 1.73 bits per heavy atom. The number of likely N-dealkylation sites (tertiary alicyclic amines) is 1. The fourth-order valence-electron chi connectivity index (χ4n) is 7.93. The minimum atomic E-state index is -3.19. The molecule has 1 aliphatic carbocycles. The summed E-state index contributed by atoms with van der Waals surface area (Å²) < 4.78 is 42.0. The lowest BCUT2D eigenvalue weighted by Crippen LogP contribution is -2.63. The molecule has 0 spiro atoms. The Morgan fingerprint density at radius 3 is 2.30 bits per heavy atom. The third-order valence-corrected chi connectivity index (χ3v) is 13.2. The maximum atomic E-state index is 14.5. The van der Waals surface area contributed by atoms with E-state index in [9.17, 15) is 22.8 Å². The van der Waals surface area contributed by atoms with Crippen molar-refractivity contribution >= 4 is 15.9 Å². The summed E-state index contributed by atoms with van der Waals surface area (Å²) in [5.41, 5.74) is 2.42. The van der Waals surface area contributed by atoms with Gasteiger partial charge < -0.3 is 10.1 Å². The maximum absolute atomic E-state index is 14.5. The van der Waals surface area contributed by atoms with E-state index in [1.807, 2.05) is 11.0 Å². The summed E-state index contributed by atoms with van der Waals surface area (Å²) in [7, 11) is -3.19. The summed E-state index contributed by atoms with van der Waals surface area (Å²) in [6, 6.07) is 7.22. The number of hydrogen-bond donors (Lipinski definition) is 1. The van der Waals surface area contributed by atoms with Crippen LogP contribution in [0.15, 0.2) is 24.3 Å². The van der Waals surface area contributed by atoms with E-state index in [1.165, 1.54) is 6.07 Å². The zero-order valence-electron chi connectivity index (χ0n) is 26.5. The summed E-state index contributed by atoms with van der Waals surface area (Å²) in [5, 5.41) is 13.7. The zero-order chi connectivity index (χ0) is 31.4. The Hall–Kier alpha value is -2.54. The minimum Gasteiger partial charge on any atom is -0.411 e. The van der Waals surface area contributed by atoms with Crippen LogP contribution in [0.25, 0.3) is 0 Å².